The minimum atomic E-state index is -0.880. The highest BCUT2D eigenvalue weighted by molar-refractivity contribution is 5.78. The molecule has 3 rings (SSSR count). The first-order chi connectivity index (χ1) is 11.9. The minimum Gasteiger partial charge on any atom is -0.486 e. The van der Waals surface area contributed by atoms with Gasteiger partial charge in [0.05, 0.1) is 12.0 Å². The van der Waals surface area contributed by atoms with Crippen molar-refractivity contribution in [3.8, 4) is 22.6 Å². The molecule has 0 atom stereocenters. The Morgan fingerprint density at radius 1 is 1.12 bits per heavy atom. The van der Waals surface area contributed by atoms with Crippen molar-refractivity contribution in [3.05, 3.63) is 47.5 Å². The summed E-state index contributed by atoms with van der Waals surface area (Å²) >= 11 is 0. The number of methoxy groups -OCH3 is 1. The maximum absolute atomic E-state index is 11.3. The number of carboxylic acid groups (broad SMARTS) is 1. The van der Waals surface area contributed by atoms with Crippen molar-refractivity contribution in [3.63, 3.8) is 0 Å². The van der Waals surface area contributed by atoms with Crippen LogP contribution in [0.3, 0.4) is 0 Å². The van der Waals surface area contributed by atoms with E-state index in [1.54, 1.807) is 13.2 Å². The predicted octanol–water partition coefficient (Wildman–Crippen LogP) is 3.63. The standard InChI is InChI=1S/C20H22O5/c1-20(2,23-3)15-6-4-13(5-7-15)16-12-18-17(24-8-9-25-18)10-14(16)11-19(21)22/h4-7,10,12H,8-9,11H2,1-3H3,(H,21,22). The highest BCUT2D eigenvalue weighted by Crippen LogP contribution is 2.38. The van der Waals surface area contributed by atoms with E-state index in [4.69, 9.17) is 14.2 Å². The lowest BCUT2D eigenvalue weighted by Crippen LogP contribution is -2.19. The molecule has 0 amide bonds. The first kappa shape index (κ1) is 17.3. The molecule has 0 spiro atoms. The third-order valence-electron chi connectivity index (χ3n) is 4.51. The maximum atomic E-state index is 11.3. The highest BCUT2D eigenvalue weighted by atomic mass is 16.6. The number of benzene rings is 2. The van der Waals surface area contributed by atoms with Gasteiger partial charge in [0, 0.05) is 7.11 Å². The van der Waals surface area contributed by atoms with E-state index >= 15 is 0 Å². The average Bonchev–Trinajstić information content (AvgIpc) is 2.61. The van der Waals surface area contributed by atoms with Gasteiger partial charge in [-0.15, -0.1) is 0 Å². The van der Waals surface area contributed by atoms with Crippen LogP contribution in [0.25, 0.3) is 11.1 Å². The molecule has 0 saturated carbocycles. The van der Waals surface area contributed by atoms with Crippen molar-refractivity contribution >= 4 is 5.97 Å². The maximum Gasteiger partial charge on any atom is 0.307 e. The van der Waals surface area contributed by atoms with Crippen molar-refractivity contribution in [2.45, 2.75) is 25.9 Å². The summed E-state index contributed by atoms with van der Waals surface area (Å²) in [5.74, 6) is 0.370. The smallest absolute Gasteiger partial charge is 0.307 e. The predicted molar refractivity (Wildman–Crippen MR) is 94.2 cm³/mol. The van der Waals surface area contributed by atoms with Crippen LogP contribution in [0.15, 0.2) is 36.4 Å². The van der Waals surface area contributed by atoms with Gasteiger partial charge >= 0.3 is 5.97 Å². The molecule has 0 saturated heterocycles. The fourth-order valence-corrected chi connectivity index (χ4v) is 2.88. The molecule has 0 radical (unpaired) electrons. The lowest BCUT2D eigenvalue weighted by atomic mass is 9.92. The summed E-state index contributed by atoms with van der Waals surface area (Å²) < 4.78 is 16.7. The van der Waals surface area contributed by atoms with Crippen LogP contribution >= 0.6 is 0 Å². The zero-order chi connectivity index (χ0) is 18.0. The second-order valence-corrected chi connectivity index (χ2v) is 6.52. The lowest BCUT2D eigenvalue weighted by molar-refractivity contribution is -0.136. The number of carboxylic acids is 1. The Balaban J connectivity index is 2.04. The minimum absolute atomic E-state index is 0.0721. The summed E-state index contributed by atoms with van der Waals surface area (Å²) in [6, 6.07) is 11.6. The normalized spacial score (nSPS) is 13.6. The van der Waals surface area contributed by atoms with E-state index in [9.17, 15) is 9.90 Å². The summed E-state index contributed by atoms with van der Waals surface area (Å²) in [6.07, 6.45) is -0.0721. The molecule has 25 heavy (non-hydrogen) atoms. The van der Waals surface area contributed by atoms with Crippen LogP contribution in [0.2, 0.25) is 0 Å². The highest BCUT2D eigenvalue weighted by Gasteiger charge is 2.21. The molecule has 0 unspecified atom stereocenters. The van der Waals surface area contributed by atoms with E-state index in [0.717, 1.165) is 16.7 Å². The van der Waals surface area contributed by atoms with E-state index < -0.39 is 5.97 Å². The van der Waals surface area contributed by atoms with Crippen molar-refractivity contribution in [1.29, 1.82) is 0 Å². The Hall–Kier alpha value is -2.53. The Morgan fingerprint density at radius 2 is 1.72 bits per heavy atom. The SMILES string of the molecule is COC(C)(C)c1ccc(-c2cc3c(cc2CC(=O)O)OCCO3)cc1. The van der Waals surface area contributed by atoms with E-state index in [0.29, 0.717) is 30.3 Å². The summed E-state index contributed by atoms with van der Waals surface area (Å²) in [6.45, 7) is 4.97. The summed E-state index contributed by atoms with van der Waals surface area (Å²) in [5, 5.41) is 9.24. The number of rotatable bonds is 5. The molecule has 0 aliphatic carbocycles. The Labute approximate surface area is 147 Å². The van der Waals surface area contributed by atoms with Crippen molar-refractivity contribution < 1.29 is 24.1 Å². The molecule has 0 aromatic heterocycles. The molecular formula is C20H22O5. The number of aliphatic carboxylic acids is 1. The van der Waals surface area contributed by atoms with Crippen molar-refractivity contribution in [1.82, 2.24) is 0 Å². The molecule has 0 fully saturated rings. The number of carbonyl (C=O) groups is 1. The van der Waals surface area contributed by atoms with E-state index in [1.807, 2.05) is 44.2 Å². The molecule has 1 heterocycles. The zero-order valence-corrected chi connectivity index (χ0v) is 14.7. The molecule has 5 heteroatoms. The van der Waals surface area contributed by atoms with Gasteiger partial charge < -0.3 is 19.3 Å². The van der Waals surface area contributed by atoms with E-state index in [-0.39, 0.29) is 12.0 Å². The van der Waals surface area contributed by atoms with Crippen molar-refractivity contribution in [2.24, 2.45) is 0 Å². The number of hydrogen-bond donors (Lipinski definition) is 1. The molecule has 2 aromatic carbocycles. The Kier molecular flexibility index (Phi) is 4.68. The fraction of sp³-hybridized carbons (Fsp3) is 0.350. The van der Waals surface area contributed by atoms with E-state index in [2.05, 4.69) is 0 Å². The third-order valence-corrected chi connectivity index (χ3v) is 4.51. The Bertz CT molecular complexity index is 777. The van der Waals surface area contributed by atoms with Gasteiger partial charge in [-0.1, -0.05) is 24.3 Å². The summed E-state index contributed by atoms with van der Waals surface area (Å²) in [4.78, 5) is 11.3. The molecule has 2 aromatic rings. The quantitative estimate of drug-likeness (QED) is 0.899. The van der Waals surface area contributed by atoms with Crippen LogP contribution in [0, 0.1) is 0 Å². The van der Waals surface area contributed by atoms with Gasteiger partial charge in [-0.25, -0.2) is 0 Å². The monoisotopic (exact) mass is 342 g/mol. The van der Waals surface area contributed by atoms with Gasteiger partial charge in [0.15, 0.2) is 11.5 Å². The topological polar surface area (TPSA) is 65.0 Å². The number of hydrogen-bond acceptors (Lipinski definition) is 4. The van der Waals surface area contributed by atoms with Gasteiger partial charge in [-0.3, -0.25) is 4.79 Å². The molecular weight excluding hydrogens is 320 g/mol. The van der Waals surface area contributed by atoms with Gasteiger partial charge in [0.2, 0.25) is 0 Å². The lowest BCUT2D eigenvalue weighted by Gasteiger charge is -2.24. The number of fused-ring (bicyclic) bond motifs is 1. The average molecular weight is 342 g/mol. The zero-order valence-electron chi connectivity index (χ0n) is 14.7. The van der Waals surface area contributed by atoms with Gasteiger partial charge in [0.1, 0.15) is 13.2 Å². The van der Waals surface area contributed by atoms with Crippen LogP contribution in [0.4, 0.5) is 0 Å². The largest absolute Gasteiger partial charge is 0.486 e. The van der Waals surface area contributed by atoms with Crippen LogP contribution in [-0.4, -0.2) is 31.4 Å². The molecule has 132 valence electrons. The first-order valence-corrected chi connectivity index (χ1v) is 8.21. The van der Waals surface area contributed by atoms with Crippen LogP contribution in [0.1, 0.15) is 25.0 Å². The second-order valence-electron chi connectivity index (χ2n) is 6.52. The fourth-order valence-electron chi connectivity index (χ4n) is 2.88. The van der Waals surface area contributed by atoms with Gasteiger partial charge in [-0.2, -0.15) is 0 Å². The molecule has 0 bridgehead atoms. The van der Waals surface area contributed by atoms with Gasteiger partial charge in [-0.05, 0) is 48.2 Å². The number of ether oxygens (including phenoxy) is 3. The first-order valence-electron chi connectivity index (χ1n) is 8.21. The third kappa shape index (κ3) is 3.61. The van der Waals surface area contributed by atoms with Gasteiger partial charge in [0.25, 0.3) is 0 Å². The van der Waals surface area contributed by atoms with Crippen molar-refractivity contribution in [2.75, 3.05) is 20.3 Å². The molecule has 1 N–H and O–H groups in total. The van der Waals surface area contributed by atoms with Crippen LogP contribution in [0.5, 0.6) is 11.5 Å². The second kappa shape index (κ2) is 6.76. The molecule has 1 aliphatic rings. The van der Waals surface area contributed by atoms with E-state index in [1.165, 1.54) is 0 Å². The summed E-state index contributed by atoms with van der Waals surface area (Å²) in [7, 11) is 1.68. The van der Waals surface area contributed by atoms with Crippen LogP contribution < -0.4 is 9.47 Å². The van der Waals surface area contributed by atoms with Crippen LogP contribution in [-0.2, 0) is 21.6 Å². The summed E-state index contributed by atoms with van der Waals surface area (Å²) in [5.41, 5.74) is 3.15. The molecule has 1 aliphatic heterocycles. The molecule has 5 nitrogen and oxygen atoms in total. The Morgan fingerprint density at radius 3 is 2.28 bits per heavy atom.